The highest BCUT2D eigenvalue weighted by molar-refractivity contribution is 6.02. The fourth-order valence-electron chi connectivity index (χ4n) is 1.57. The zero-order valence-corrected chi connectivity index (χ0v) is 10.6. The smallest absolute Gasteiger partial charge is 0.382 e. The number of hydrogen-bond acceptors (Lipinski definition) is 5. The van der Waals surface area contributed by atoms with Crippen molar-refractivity contribution in [2.45, 2.75) is 24.9 Å². The Morgan fingerprint density at radius 3 is 2.55 bits per heavy atom. The van der Waals surface area contributed by atoms with Crippen molar-refractivity contribution in [1.29, 1.82) is 5.41 Å². The Kier molecular flexibility index (Phi) is 2.82. The van der Waals surface area contributed by atoms with Gasteiger partial charge in [-0.2, -0.15) is 22.0 Å². The second-order valence-electron chi connectivity index (χ2n) is 4.28. The summed E-state index contributed by atoms with van der Waals surface area (Å²) in [6.07, 6.45) is -8.34. The molecule has 0 fully saturated rings. The maximum absolute atomic E-state index is 13.0. The summed E-state index contributed by atoms with van der Waals surface area (Å²) in [6.45, 7) is -2.84. The molecule has 0 atom stereocenters. The van der Waals surface area contributed by atoms with Crippen molar-refractivity contribution < 1.29 is 26.1 Å². The lowest BCUT2D eigenvalue weighted by Crippen LogP contribution is -2.36. The molecule has 120 valence electrons. The Morgan fingerprint density at radius 1 is 1.32 bits per heavy atom. The molecule has 0 aromatic carbocycles. The second kappa shape index (κ2) is 5.10. The zero-order valence-electron chi connectivity index (χ0n) is 13.6. The van der Waals surface area contributed by atoms with E-state index < -0.39 is 54.9 Å². The third-order valence-electron chi connectivity index (χ3n) is 2.68. The number of fused-ring (bicyclic) bond motifs is 1. The molecule has 3 N–H and O–H groups in total. The fourth-order valence-corrected chi connectivity index (χ4v) is 1.57. The van der Waals surface area contributed by atoms with E-state index in [2.05, 4.69) is 20.3 Å². The topological polar surface area (TPSA) is 106 Å². The standard InChI is InChI=1S/C10H10F5N7/c1-22-8-6(20-21-22)5(7(16)17)18-4(19-8)2-3-9(11,12)10(13,14)15/h2-3H2,1H3,(H3,16,17)/i1D3. The van der Waals surface area contributed by atoms with E-state index in [1.54, 1.807) is 0 Å². The number of aromatic nitrogens is 5. The molecular formula is C10H10F5N7. The van der Waals surface area contributed by atoms with Gasteiger partial charge in [0.25, 0.3) is 0 Å². The molecule has 0 bridgehead atoms. The van der Waals surface area contributed by atoms with Crippen molar-refractivity contribution in [1.82, 2.24) is 25.0 Å². The lowest BCUT2D eigenvalue weighted by Gasteiger charge is -2.18. The number of amidine groups is 1. The molecule has 0 unspecified atom stereocenters. The van der Waals surface area contributed by atoms with Crippen LogP contribution in [0.3, 0.4) is 0 Å². The Morgan fingerprint density at radius 2 is 2.00 bits per heavy atom. The highest BCUT2D eigenvalue weighted by Gasteiger charge is 2.56. The van der Waals surface area contributed by atoms with Gasteiger partial charge in [-0.05, 0) is 0 Å². The summed E-state index contributed by atoms with van der Waals surface area (Å²) in [5.74, 6) is -6.23. The van der Waals surface area contributed by atoms with Gasteiger partial charge >= 0.3 is 12.1 Å². The number of halogens is 5. The van der Waals surface area contributed by atoms with Crippen LogP contribution in [0.1, 0.15) is 22.1 Å². The molecular weight excluding hydrogens is 313 g/mol. The molecule has 0 saturated heterocycles. The Bertz CT molecular complexity index is 814. The molecule has 0 aliphatic carbocycles. The number of rotatable bonds is 4. The molecule has 0 radical (unpaired) electrons. The van der Waals surface area contributed by atoms with Crippen molar-refractivity contribution >= 4 is 17.0 Å². The first-order valence-electron chi connectivity index (χ1n) is 7.16. The van der Waals surface area contributed by atoms with Gasteiger partial charge in [-0.25, -0.2) is 14.6 Å². The van der Waals surface area contributed by atoms with E-state index in [9.17, 15) is 22.0 Å². The minimum Gasteiger partial charge on any atom is -0.382 e. The summed E-state index contributed by atoms with van der Waals surface area (Å²) in [5.41, 5.74) is 4.12. The van der Waals surface area contributed by atoms with Gasteiger partial charge in [-0.1, -0.05) is 5.21 Å². The third-order valence-corrected chi connectivity index (χ3v) is 2.68. The summed E-state index contributed by atoms with van der Waals surface area (Å²) >= 11 is 0. The highest BCUT2D eigenvalue weighted by Crippen LogP contribution is 2.38. The molecule has 0 amide bonds. The van der Waals surface area contributed by atoms with Crippen LogP contribution in [0.4, 0.5) is 22.0 Å². The predicted molar refractivity (Wildman–Crippen MR) is 64.4 cm³/mol. The number of aryl methyl sites for hydroxylation is 2. The van der Waals surface area contributed by atoms with Gasteiger partial charge in [0, 0.05) is 23.9 Å². The van der Waals surface area contributed by atoms with Crippen LogP contribution in [0.5, 0.6) is 0 Å². The normalized spacial score (nSPS) is 15.4. The molecule has 2 aromatic heterocycles. The van der Waals surface area contributed by atoms with Crippen molar-refractivity contribution in [2.75, 3.05) is 0 Å². The van der Waals surface area contributed by atoms with E-state index in [-0.39, 0.29) is 5.52 Å². The van der Waals surface area contributed by atoms with Gasteiger partial charge in [0.05, 0.1) is 0 Å². The first-order chi connectivity index (χ1) is 11.2. The van der Waals surface area contributed by atoms with Gasteiger partial charge in [-0.3, -0.25) is 5.41 Å². The fraction of sp³-hybridized carbons (Fsp3) is 0.500. The van der Waals surface area contributed by atoms with Gasteiger partial charge in [0.15, 0.2) is 11.2 Å². The van der Waals surface area contributed by atoms with Gasteiger partial charge in [0.1, 0.15) is 17.4 Å². The van der Waals surface area contributed by atoms with Crippen molar-refractivity contribution in [3.63, 3.8) is 0 Å². The van der Waals surface area contributed by atoms with E-state index in [1.807, 2.05) is 0 Å². The van der Waals surface area contributed by atoms with E-state index in [0.717, 1.165) is 0 Å². The average molecular weight is 326 g/mol. The van der Waals surface area contributed by atoms with Crippen LogP contribution in [0.25, 0.3) is 11.2 Å². The van der Waals surface area contributed by atoms with Crippen LogP contribution in [0.15, 0.2) is 0 Å². The number of nitrogens with zero attached hydrogens (tertiary/aromatic N) is 5. The largest absolute Gasteiger partial charge is 0.453 e. The van der Waals surface area contributed by atoms with E-state index in [4.69, 9.17) is 15.3 Å². The van der Waals surface area contributed by atoms with Gasteiger partial charge < -0.3 is 5.73 Å². The quantitative estimate of drug-likeness (QED) is 0.498. The molecule has 12 heteroatoms. The number of nitrogens with two attached hydrogens (primary N) is 1. The van der Waals surface area contributed by atoms with Crippen LogP contribution in [-0.4, -0.2) is 42.9 Å². The zero-order chi connectivity index (χ0) is 19.2. The SMILES string of the molecule is [2H]C([2H])([2H])n1nnc2c(C(=N)N)nc(CCC(F)(F)C(F)(F)F)nc21. The minimum atomic E-state index is -5.75. The van der Waals surface area contributed by atoms with Crippen LogP contribution in [0, 0.1) is 5.41 Å². The highest BCUT2D eigenvalue weighted by atomic mass is 19.4. The first-order valence-corrected chi connectivity index (χ1v) is 5.66. The van der Waals surface area contributed by atoms with Crippen LogP contribution in [0.2, 0.25) is 0 Å². The summed E-state index contributed by atoms with van der Waals surface area (Å²) in [6, 6.07) is 0. The maximum Gasteiger partial charge on any atom is 0.453 e. The molecule has 0 saturated carbocycles. The van der Waals surface area contributed by atoms with E-state index >= 15 is 0 Å². The number of alkyl halides is 5. The number of nitrogens with one attached hydrogen (secondary N) is 1. The summed E-state index contributed by atoms with van der Waals surface area (Å²) in [5, 5.41) is 14.2. The Hall–Kier alpha value is -2.40. The molecule has 2 heterocycles. The van der Waals surface area contributed by atoms with Crippen LogP contribution < -0.4 is 5.73 Å². The summed E-state index contributed by atoms with van der Waals surface area (Å²) in [4.78, 5) is 7.26. The Balaban J connectivity index is 2.49. The first kappa shape index (κ1) is 12.2. The molecule has 7 nitrogen and oxygen atoms in total. The van der Waals surface area contributed by atoms with Gasteiger partial charge in [0.2, 0.25) is 0 Å². The molecule has 22 heavy (non-hydrogen) atoms. The minimum absolute atomic E-state index is 0.282. The molecule has 0 aliphatic heterocycles. The number of hydrogen-bond donors (Lipinski definition) is 2. The predicted octanol–water partition coefficient (Wildman–Crippen LogP) is 1.17. The second-order valence-corrected chi connectivity index (χ2v) is 4.28. The van der Waals surface area contributed by atoms with E-state index in [0.29, 0.717) is 4.68 Å². The summed E-state index contributed by atoms with van der Waals surface area (Å²) < 4.78 is 84.9. The monoisotopic (exact) mass is 326 g/mol. The van der Waals surface area contributed by atoms with Crippen molar-refractivity contribution in [3.05, 3.63) is 11.5 Å². The van der Waals surface area contributed by atoms with Crippen LogP contribution >= 0.6 is 0 Å². The van der Waals surface area contributed by atoms with E-state index in [1.165, 1.54) is 0 Å². The maximum atomic E-state index is 13.0. The lowest BCUT2D eigenvalue weighted by molar-refractivity contribution is -0.284. The lowest BCUT2D eigenvalue weighted by atomic mass is 10.1. The van der Waals surface area contributed by atoms with Crippen molar-refractivity contribution in [2.24, 2.45) is 12.7 Å². The molecule has 0 aliphatic rings. The molecule has 2 rings (SSSR count). The third kappa shape index (κ3) is 2.80. The Labute approximate surface area is 124 Å². The van der Waals surface area contributed by atoms with Gasteiger partial charge in [-0.15, -0.1) is 5.10 Å². The summed E-state index contributed by atoms with van der Waals surface area (Å²) in [7, 11) is 0. The molecule has 0 spiro atoms. The van der Waals surface area contributed by atoms with Crippen molar-refractivity contribution in [3.8, 4) is 0 Å². The molecule has 2 aromatic rings. The average Bonchev–Trinajstić information content (AvgIpc) is 2.86. The number of nitrogen functional groups attached to an aromatic ring is 1. The van der Waals surface area contributed by atoms with Crippen LogP contribution in [-0.2, 0) is 13.4 Å².